The highest BCUT2D eigenvalue weighted by molar-refractivity contribution is 5.74. The molecule has 0 aromatic rings. The zero-order chi connectivity index (χ0) is 9.56. The molecule has 0 N–H and O–H groups in total. The van der Waals surface area contributed by atoms with E-state index in [0.29, 0.717) is 0 Å². The molecule has 0 aromatic carbocycles. The number of allylic oxidation sites excluding steroid dienone is 1. The van der Waals surface area contributed by atoms with E-state index in [2.05, 4.69) is 6.92 Å². The number of carbonyl (C=O) groups excluding carboxylic acids is 1. The van der Waals surface area contributed by atoms with Gasteiger partial charge in [0, 0.05) is 26.8 Å². The van der Waals surface area contributed by atoms with Crippen LogP contribution in [-0.2, 0) is 0 Å². The van der Waals surface area contributed by atoms with E-state index in [1.165, 1.54) is 0 Å². The first kappa shape index (κ1) is 11.0. The highest BCUT2D eigenvalue weighted by Crippen LogP contribution is 1.95. The Kier molecular flexibility index (Phi) is 5.17. The lowest BCUT2D eigenvalue weighted by Gasteiger charge is -2.21. The maximum Gasteiger partial charge on any atom is 0.323 e. The summed E-state index contributed by atoms with van der Waals surface area (Å²) in [5.41, 5.74) is 0. The molecule has 0 aliphatic heterocycles. The molecule has 0 aliphatic rings. The van der Waals surface area contributed by atoms with Crippen molar-refractivity contribution in [2.45, 2.75) is 20.3 Å². The molecule has 0 aromatic heterocycles. The Bertz CT molecular complexity index is 166. The van der Waals surface area contributed by atoms with E-state index in [1.54, 1.807) is 23.0 Å². The zero-order valence-electron chi connectivity index (χ0n) is 8.37. The van der Waals surface area contributed by atoms with Gasteiger partial charge < -0.3 is 9.80 Å². The maximum absolute atomic E-state index is 11.4. The minimum absolute atomic E-state index is 0.0370. The summed E-state index contributed by atoms with van der Waals surface area (Å²) in [7, 11) is 3.57. The van der Waals surface area contributed by atoms with Crippen LogP contribution in [0.1, 0.15) is 20.3 Å². The molecule has 12 heavy (non-hydrogen) atoms. The van der Waals surface area contributed by atoms with Gasteiger partial charge in [0.2, 0.25) is 0 Å². The summed E-state index contributed by atoms with van der Waals surface area (Å²) >= 11 is 0. The third-order valence-electron chi connectivity index (χ3n) is 1.56. The third-order valence-corrected chi connectivity index (χ3v) is 1.56. The van der Waals surface area contributed by atoms with Gasteiger partial charge in [0.05, 0.1) is 0 Å². The van der Waals surface area contributed by atoms with Crippen molar-refractivity contribution in [2.24, 2.45) is 0 Å². The highest BCUT2D eigenvalue weighted by Gasteiger charge is 2.09. The van der Waals surface area contributed by atoms with Crippen molar-refractivity contribution in [3.8, 4) is 0 Å². The van der Waals surface area contributed by atoms with Crippen LogP contribution in [0, 0.1) is 0 Å². The van der Waals surface area contributed by atoms with E-state index in [-0.39, 0.29) is 6.03 Å². The van der Waals surface area contributed by atoms with Gasteiger partial charge in [0.1, 0.15) is 0 Å². The maximum atomic E-state index is 11.4. The second-order valence-electron chi connectivity index (χ2n) is 2.80. The molecule has 0 saturated carbocycles. The number of hydrogen-bond acceptors (Lipinski definition) is 1. The Balaban J connectivity index is 3.99. The van der Waals surface area contributed by atoms with E-state index < -0.39 is 0 Å². The predicted molar refractivity (Wildman–Crippen MR) is 50.9 cm³/mol. The normalized spacial score (nSPS) is 10.3. The first-order valence-electron chi connectivity index (χ1n) is 4.24. The molecule has 70 valence electrons. The summed E-state index contributed by atoms with van der Waals surface area (Å²) in [5, 5.41) is 0. The van der Waals surface area contributed by atoms with Crippen molar-refractivity contribution < 1.29 is 4.79 Å². The minimum atomic E-state index is 0.0370. The number of amides is 2. The van der Waals surface area contributed by atoms with Crippen molar-refractivity contribution >= 4 is 6.03 Å². The molecular formula is C9H18N2O. The van der Waals surface area contributed by atoms with Crippen LogP contribution in [0.15, 0.2) is 12.3 Å². The number of carbonyl (C=O) groups is 1. The summed E-state index contributed by atoms with van der Waals surface area (Å²) in [6, 6.07) is 0.0370. The Morgan fingerprint density at radius 2 is 2.00 bits per heavy atom. The largest absolute Gasteiger partial charge is 0.327 e. The lowest BCUT2D eigenvalue weighted by molar-refractivity contribution is 0.187. The average Bonchev–Trinajstić information content (AvgIpc) is 2.04. The summed E-state index contributed by atoms with van der Waals surface area (Å²) < 4.78 is 0. The Morgan fingerprint density at radius 1 is 1.42 bits per heavy atom. The van der Waals surface area contributed by atoms with Crippen molar-refractivity contribution in [3.63, 3.8) is 0 Å². The molecule has 0 aliphatic carbocycles. The van der Waals surface area contributed by atoms with Crippen molar-refractivity contribution in [3.05, 3.63) is 12.3 Å². The number of rotatable bonds is 3. The van der Waals surface area contributed by atoms with Gasteiger partial charge in [-0.15, -0.1) is 0 Å². The van der Waals surface area contributed by atoms with Crippen molar-refractivity contribution in [1.82, 2.24) is 9.80 Å². The predicted octanol–water partition coefficient (Wildman–Crippen LogP) is 1.91. The average molecular weight is 170 g/mol. The van der Waals surface area contributed by atoms with Crippen LogP contribution in [0.4, 0.5) is 4.79 Å². The SMILES string of the molecule is CC=CN(C)C(=O)N(C)CCC. The molecule has 0 fully saturated rings. The van der Waals surface area contributed by atoms with Crippen molar-refractivity contribution in [1.29, 1.82) is 0 Å². The topological polar surface area (TPSA) is 23.6 Å². The Morgan fingerprint density at radius 3 is 2.42 bits per heavy atom. The molecule has 2 amide bonds. The molecule has 3 nitrogen and oxygen atoms in total. The molecule has 0 radical (unpaired) electrons. The number of nitrogens with zero attached hydrogens (tertiary/aromatic N) is 2. The van der Waals surface area contributed by atoms with Crippen molar-refractivity contribution in [2.75, 3.05) is 20.6 Å². The first-order valence-corrected chi connectivity index (χ1v) is 4.24. The second kappa shape index (κ2) is 5.63. The molecular weight excluding hydrogens is 152 g/mol. The fourth-order valence-electron chi connectivity index (χ4n) is 0.988. The van der Waals surface area contributed by atoms with Gasteiger partial charge in [-0.05, 0) is 13.3 Å². The first-order chi connectivity index (χ1) is 5.63. The Hall–Kier alpha value is -0.990. The molecule has 0 bridgehead atoms. The van der Waals surface area contributed by atoms with Gasteiger partial charge in [-0.1, -0.05) is 13.0 Å². The zero-order valence-corrected chi connectivity index (χ0v) is 8.37. The molecule has 0 spiro atoms. The number of hydrogen-bond donors (Lipinski definition) is 0. The van der Waals surface area contributed by atoms with Gasteiger partial charge in [-0.3, -0.25) is 0 Å². The monoisotopic (exact) mass is 170 g/mol. The quantitative estimate of drug-likeness (QED) is 0.634. The highest BCUT2D eigenvalue weighted by atomic mass is 16.2. The van der Waals surface area contributed by atoms with E-state index in [0.717, 1.165) is 13.0 Å². The van der Waals surface area contributed by atoms with Gasteiger partial charge >= 0.3 is 6.03 Å². The van der Waals surface area contributed by atoms with Crippen LogP contribution >= 0.6 is 0 Å². The summed E-state index contributed by atoms with van der Waals surface area (Å²) in [4.78, 5) is 14.7. The van der Waals surface area contributed by atoms with E-state index in [1.807, 2.05) is 20.0 Å². The van der Waals surface area contributed by atoms with Gasteiger partial charge in [0.15, 0.2) is 0 Å². The molecule has 0 atom stereocenters. The van der Waals surface area contributed by atoms with Crippen LogP contribution < -0.4 is 0 Å². The summed E-state index contributed by atoms with van der Waals surface area (Å²) in [5.74, 6) is 0. The minimum Gasteiger partial charge on any atom is -0.327 e. The van der Waals surface area contributed by atoms with Crippen LogP contribution in [-0.4, -0.2) is 36.5 Å². The molecule has 3 heteroatoms. The lowest BCUT2D eigenvalue weighted by atomic mass is 10.4. The van der Waals surface area contributed by atoms with Crippen LogP contribution in [0.2, 0.25) is 0 Å². The Labute approximate surface area is 74.7 Å². The van der Waals surface area contributed by atoms with E-state index in [4.69, 9.17) is 0 Å². The number of urea groups is 1. The smallest absolute Gasteiger partial charge is 0.323 e. The van der Waals surface area contributed by atoms with E-state index in [9.17, 15) is 4.79 Å². The van der Waals surface area contributed by atoms with Crippen LogP contribution in [0.25, 0.3) is 0 Å². The second-order valence-corrected chi connectivity index (χ2v) is 2.80. The van der Waals surface area contributed by atoms with E-state index >= 15 is 0 Å². The van der Waals surface area contributed by atoms with Gasteiger partial charge in [-0.2, -0.15) is 0 Å². The molecule has 0 saturated heterocycles. The van der Waals surface area contributed by atoms with Gasteiger partial charge in [-0.25, -0.2) is 4.79 Å². The third kappa shape index (κ3) is 3.42. The summed E-state index contributed by atoms with van der Waals surface area (Å²) in [6.45, 7) is 4.75. The summed E-state index contributed by atoms with van der Waals surface area (Å²) in [6.07, 6.45) is 4.60. The molecule has 0 rings (SSSR count). The fourth-order valence-corrected chi connectivity index (χ4v) is 0.988. The molecule has 0 heterocycles. The van der Waals surface area contributed by atoms with Gasteiger partial charge in [0.25, 0.3) is 0 Å². The van der Waals surface area contributed by atoms with Crippen LogP contribution in [0.3, 0.4) is 0 Å². The molecule has 0 unspecified atom stereocenters. The lowest BCUT2D eigenvalue weighted by Crippen LogP contribution is -2.36. The standard InChI is InChI=1S/C9H18N2O/c1-5-7-10(3)9(12)11(4)8-6-2/h5,7H,6,8H2,1-4H3. The van der Waals surface area contributed by atoms with Crippen LogP contribution in [0.5, 0.6) is 0 Å². The fraction of sp³-hybridized carbons (Fsp3) is 0.667.